The normalized spacial score (nSPS) is 26.2. The van der Waals surface area contributed by atoms with Crippen LogP contribution >= 0.6 is 0 Å². The summed E-state index contributed by atoms with van der Waals surface area (Å²) in [6, 6.07) is 4.50. The first-order valence-corrected chi connectivity index (χ1v) is 5.72. The van der Waals surface area contributed by atoms with Crippen LogP contribution in [0.4, 0.5) is 11.5 Å². The largest absolute Gasteiger partial charge is 0.382 e. The molecule has 1 aromatic rings. The number of hydrogen-bond acceptors (Lipinski definition) is 3. The summed E-state index contributed by atoms with van der Waals surface area (Å²) in [7, 11) is 0. The standard InChI is InChI=1S/C12H19N3/c1-9-4-6-10(7-5-9)15-11-3-2-8-14-12(11)13/h2-3,8-10,15H,4-7H2,1H3,(H2,13,14). The number of nitrogens with zero attached hydrogens (tertiary/aromatic N) is 1. The first-order valence-electron chi connectivity index (χ1n) is 5.72. The maximum atomic E-state index is 5.79. The van der Waals surface area contributed by atoms with Crippen LogP contribution in [0, 0.1) is 5.92 Å². The van der Waals surface area contributed by atoms with Crippen LogP contribution in [-0.4, -0.2) is 11.0 Å². The quantitative estimate of drug-likeness (QED) is 0.780. The van der Waals surface area contributed by atoms with Crippen LogP contribution in [0.5, 0.6) is 0 Å². The van der Waals surface area contributed by atoms with Crippen LogP contribution in [0.1, 0.15) is 32.6 Å². The molecular weight excluding hydrogens is 186 g/mol. The molecule has 1 aliphatic rings. The zero-order chi connectivity index (χ0) is 10.7. The molecule has 3 heteroatoms. The number of anilines is 2. The summed E-state index contributed by atoms with van der Waals surface area (Å²) >= 11 is 0. The Bertz CT molecular complexity index is 316. The molecule has 1 fully saturated rings. The lowest BCUT2D eigenvalue weighted by Crippen LogP contribution is -2.25. The Morgan fingerprint density at radius 1 is 1.33 bits per heavy atom. The van der Waals surface area contributed by atoms with Crippen molar-refractivity contribution >= 4 is 11.5 Å². The highest BCUT2D eigenvalue weighted by Gasteiger charge is 2.18. The average molecular weight is 205 g/mol. The zero-order valence-electron chi connectivity index (χ0n) is 9.24. The van der Waals surface area contributed by atoms with E-state index in [1.807, 2.05) is 12.1 Å². The molecule has 0 unspecified atom stereocenters. The number of nitrogens with two attached hydrogens (primary N) is 1. The van der Waals surface area contributed by atoms with Gasteiger partial charge in [0.25, 0.3) is 0 Å². The Kier molecular flexibility index (Phi) is 3.09. The van der Waals surface area contributed by atoms with Gasteiger partial charge < -0.3 is 11.1 Å². The van der Waals surface area contributed by atoms with E-state index in [1.165, 1.54) is 25.7 Å². The second-order valence-corrected chi connectivity index (χ2v) is 4.54. The smallest absolute Gasteiger partial charge is 0.146 e. The minimum atomic E-state index is 0.577. The summed E-state index contributed by atoms with van der Waals surface area (Å²) in [5, 5.41) is 3.48. The summed E-state index contributed by atoms with van der Waals surface area (Å²) < 4.78 is 0. The Morgan fingerprint density at radius 3 is 2.73 bits per heavy atom. The van der Waals surface area contributed by atoms with Gasteiger partial charge in [0.05, 0.1) is 5.69 Å². The van der Waals surface area contributed by atoms with Gasteiger partial charge in [-0.25, -0.2) is 4.98 Å². The van der Waals surface area contributed by atoms with Crippen molar-refractivity contribution in [2.24, 2.45) is 5.92 Å². The third-order valence-corrected chi connectivity index (χ3v) is 3.21. The lowest BCUT2D eigenvalue weighted by atomic mass is 9.87. The summed E-state index contributed by atoms with van der Waals surface area (Å²) in [5.41, 5.74) is 6.77. The van der Waals surface area contributed by atoms with Crippen molar-refractivity contribution < 1.29 is 0 Å². The van der Waals surface area contributed by atoms with Crippen molar-refractivity contribution in [3.63, 3.8) is 0 Å². The summed E-state index contributed by atoms with van der Waals surface area (Å²) in [6.45, 7) is 2.33. The molecule has 0 bridgehead atoms. The van der Waals surface area contributed by atoms with Crippen LogP contribution in [0.25, 0.3) is 0 Å². The van der Waals surface area contributed by atoms with Gasteiger partial charge in [0.2, 0.25) is 0 Å². The van der Waals surface area contributed by atoms with Gasteiger partial charge in [-0.2, -0.15) is 0 Å². The van der Waals surface area contributed by atoms with Crippen LogP contribution < -0.4 is 11.1 Å². The van der Waals surface area contributed by atoms with E-state index in [9.17, 15) is 0 Å². The molecule has 0 spiro atoms. The van der Waals surface area contributed by atoms with Gasteiger partial charge in [-0.1, -0.05) is 6.92 Å². The van der Waals surface area contributed by atoms with E-state index in [1.54, 1.807) is 6.20 Å². The van der Waals surface area contributed by atoms with Crippen molar-refractivity contribution in [1.29, 1.82) is 0 Å². The molecule has 1 aliphatic carbocycles. The molecule has 0 radical (unpaired) electrons. The van der Waals surface area contributed by atoms with Gasteiger partial charge in [0.15, 0.2) is 0 Å². The van der Waals surface area contributed by atoms with E-state index >= 15 is 0 Å². The number of nitrogens with one attached hydrogen (secondary N) is 1. The Morgan fingerprint density at radius 2 is 2.07 bits per heavy atom. The zero-order valence-corrected chi connectivity index (χ0v) is 9.24. The van der Waals surface area contributed by atoms with Gasteiger partial charge in [0.1, 0.15) is 5.82 Å². The highest BCUT2D eigenvalue weighted by molar-refractivity contribution is 5.61. The van der Waals surface area contributed by atoms with Gasteiger partial charge in [0, 0.05) is 12.2 Å². The molecule has 15 heavy (non-hydrogen) atoms. The summed E-state index contributed by atoms with van der Waals surface area (Å²) in [5.74, 6) is 1.49. The maximum absolute atomic E-state index is 5.79. The lowest BCUT2D eigenvalue weighted by molar-refractivity contribution is 0.361. The molecule has 82 valence electrons. The second kappa shape index (κ2) is 4.51. The molecule has 1 aromatic heterocycles. The highest BCUT2D eigenvalue weighted by Crippen LogP contribution is 2.27. The monoisotopic (exact) mass is 205 g/mol. The maximum Gasteiger partial charge on any atom is 0.146 e. The number of aromatic nitrogens is 1. The van der Waals surface area contributed by atoms with Gasteiger partial charge >= 0.3 is 0 Å². The van der Waals surface area contributed by atoms with Crippen LogP contribution in [0.2, 0.25) is 0 Å². The van der Waals surface area contributed by atoms with E-state index < -0.39 is 0 Å². The molecule has 1 heterocycles. The summed E-state index contributed by atoms with van der Waals surface area (Å²) in [4.78, 5) is 4.07. The molecule has 0 atom stereocenters. The van der Waals surface area contributed by atoms with E-state index in [0.717, 1.165) is 11.6 Å². The molecule has 2 rings (SSSR count). The van der Waals surface area contributed by atoms with Crippen molar-refractivity contribution in [3.05, 3.63) is 18.3 Å². The predicted molar refractivity (Wildman–Crippen MR) is 63.7 cm³/mol. The fraction of sp³-hybridized carbons (Fsp3) is 0.583. The van der Waals surface area contributed by atoms with Crippen LogP contribution in [-0.2, 0) is 0 Å². The third kappa shape index (κ3) is 2.61. The minimum absolute atomic E-state index is 0.577. The summed E-state index contributed by atoms with van der Waals surface area (Å²) in [6.07, 6.45) is 6.85. The molecule has 0 aromatic carbocycles. The van der Waals surface area contributed by atoms with Gasteiger partial charge in [-0.3, -0.25) is 0 Å². The van der Waals surface area contributed by atoms with Crippen LogP contribution in [0.15, 0.2) is 18.3 Å². The highest BCUT2D eigenvalue weighted by atomic mass is 15.0. The second-order valence-electron chi connectivity index (χ2n) is 4.54. The SMILES string of the molecule is CC1CCC(Nc2cccnc2N)CC1. The Balaban J connectivity index is 1.95. The van der Waals surface area contributed by atoms with Crippen molar-refractivity contribution in [2.45, 2.75) is 38.6 Å². The molecule has 3 nitrogen and oxygen atoms in total. The fourth-order valence-electron chi connectivity index (χ4n) is 2.16. The molecular formula is C12H19N3. The van der Waals surface area contributed by atoms with Crippen molar-refractivity contribution in [1.82, 2.24) is 4.98 Å². The molecule has 0 saturated heterocycles. The van der Waals surface area contributed by atoms with E-state index in [4.69, 9.17) is 5.73 Å². The Hall–Kier alpha value is -1.25. The lowest BCUT2D eigenvalue weighted by Gasteiger charge is -2.27. The molecule has 0 amide bonds. The average Bonchev–Trinajstić information content (AvgIpc) is 2.25. The minimum Gasteiger partial charge on any atom is -0.382 e. The first-order chi connectivity index (χ1) is 7.25. The van der Waals surface area contributed by atoms with Crippen molar-refractivity contribution in [3.8, 4) is 0 Å². The number of pyridine rings is 1. The topological polar surface area (TPSA) is 50.9 Å². The van der Waals surface area contributed by atoms with Gasteiger partial charge in [-0.05, 0) is 43.7 Å². The van der Waals surface area contributed by atoms with Crippen LogP contribution in [0.3, 0.4) is 0 Å². The number of rotatable bonds is 2. The number of nitrogen functional groups attached to an aromatic ring is 1. The van der Waals surface area contributed by atoms with E-state index in [2.05, 4.69) is 17.2 Å². The van der Waals surface area contributed by atoms with E-state index in [-0.39, 0.29) is 0 Å². The van der Waals surface area contributed by atoms with Gasteiger partial charge in [-0.15, -0.1) is 0 Å². The number of hydrogen-bond donors (Lipinski definition) is 2. The van der Waals surface area contributed by atoms with E-state index in [0.29, 0.717) is 11.9 Å². The first kappa shape index (κ1) is 10.3. The Labute approximate surface area is 91.1 Å². The third-order valence-electron chi connectivity index (χ3n) is 3.21. The molecule has 0 aliphatic heterocycles. The molecule has 1 saturated carbocycles. The molecule has 3 N–H and O–H groups in total. The predicted octanol–water partition coefficient (Wildman–Crippen LogP) is 2.65. The van der Waals surface area contributed by atoms with Crippen molar-refractivity contribution in [2.75, 3.05) is 11.1 Å². The fourth-order valence-corrected chi connectivity index (χ4v) is 2.16.